The fraction of sp³-hybridized carbons (Fsp3) is 0.333. The number of halogens is 2. The maximum atomic E-state index is 6.17. The average Bonchev–Trinajstić information content (AvgIpc) is 2.74. The van der Waals surface area contributed by atoms with Gasteiger partial charge in [0.2, 0.25) is 0 Å². The van der Waals surface area contributed by atoms with Gasteiger partial charge in [0, 0.05) is 25.4 Å². The maximum absolute atomic E-state index is 6.17. The van der Waals surface area contributed by atoms with Gasteiger partial charge in [-0.25, -0.2) is 4.98 Å². The highest BCUT2D eigenvalue weighted by Gasteiger charge is 2.12. The van der Waals surface area contributed by atoms with Crippen LogP contribution in [0.3, 0.4) is 0 Å². The Morgan fingerprint density at radius 3 is 2.72 bits per heavy atom. The Morgan fingerprint density at radius 2 is 2.11 bits per heavy atom. The molecule has 0 atom stereocenters. The first kappa shape index (κ1) is 13.2. The van der Waals surface area contributed by atoms with E-state index in [0.717, 1.165) is 18.5 Å². The van der Waals surface area contributed by atoms with Gasteiger partial charge in [0.15, 0.2) is 0 Å². The minimum Gasteiger partial charge on any atom is -0.369 e. The van der Waals surface area contributed by atoms with Crippen molar-refractivity contribution in [2.45, 2.75) is 13.3 Å². The van der Waals surface area contributed by atoms with Crippen molar-refractivity contribution in [2.75, 3.05) is 11.9 Å². The number of nitrogens with zero attached hydrogens (tertiary/aromatic N) is 3. The lowest BCUT2D eigenvalue weighted by molar-refractivity contribution is 0.768. The normalized spacial score (nSPS) is 10.7. The molecule has 0 aromatic carbocycles. The molecular weight excluding hydrogens is 271 g/mol. The van der Waals surface area contributed by atoms with Crippen molar-refractivity contribution in [3.05, 3.63) is 28.5 Å². The topological polar surface area (TPSA) is 42.7 Å². The number of anilines is 1. The van der Waals surface area contributed by atoms with E-state index in [-0.39, 0.29) is 0 Å². The summed E-state index contributed by atoms with van der Waals surface area (Å²) in [6, 6.07) is 1.70. The molecule has 0 aliphatic carbocycles. The molecule has 2 heterocycles. The molecular formula is C12H14Cl2N4. The highest BCUT2D eigenvalue weighted by Crippen LogP contribution is 2.32. The van der Waals surface area contributed by atoms with Gasteiger partial charge in [-0.3, -0.25) is 4.68 Å². The van der Waals surface area contributed by atoms with E-state index in [2.05, 4.69) is 22.3 Å². The van der Waals surface area contributed by atoms with Gasteiger partial charge in [0.25, 0.3) is 0 Å². The predicted octanol–water partition coefficient (Wildman–Crippen LogP) is 3.61. The van der Waals surface area contributed by atoms with Crippen molar-refractivity contribution in [2.24, 2.45) is 7.05 Å². The second kappa shape index (κ2) is 5.59. The minimum absolute atomic E-state index is 0.523. The first-order valence-corrected chi connectivity index (χ1v) is 6.46. The molecule has 18 heavy (non-hydrogen) atoms. The molecule has 0 radical (unpaired) electrons. The summed E-state index contributed by atoms with van der Waals surface area (Å²) < 4.78 is 1.71. The molecule has 0 saturated heterocycles. The molecule has 0 spiro atoms. The van der Waals surface area contributed by atoms with Crippen LogP contribution in [0.1, 0.15) is 13.3 Å². The summed E-state index contributed by atoms with van der Waals surface area (Å²) in [4.78, 5) is 4.46. The summed E-state index contributed by atoms with van der Waals surface area (Å²) in [5.41, 5.74) is 1.56. The third-order valence-electron chi connectivity index (χ3n) is 2.45. The number of nitrogens with one attached hydrogen (secondary N) is 1. The van der Waals surface area contributed by atoms with Gasteiger partial charge in [-0.15, -0.1) is 0 Å². The molecule has 2 aromatic rings. The van der Waals surface area contributed by atoms with Gasteiger partial charge in [-0.05, 0) is 12.5 Å². The molecule has 0 fully saturated rings. The molecule has 1 N–H and O–H groups in total. The van der Waals surface area contributed by atoms with Crippen LogP contribution < -0.4 is 5.32 Å². The van der Waals surface area contributed by atoms with Gasteiger partial charge in [0.05, 0.1) is 21.9 Å². The summed E-state index contributed by atoms with van der Waals surface area (Å²) in [5, 5.41) is 8.34. The molecule has 2 rings (SSSR count). The lowest BCUT2D eigenvalue weighted by atomic mass is 10.2. The first-order chi connectivity index (χ1) is 8.61. The van der Waals surface area contributed by atoms with Crippen molar-refractivity contribution in [3.8, 4) is 11.3 Å². The van der Waals surface area contributed by atoms with Crippen molar-refractivity contribution in [1.29, 1.82) is 0 Å². The second-order valence-electron chi connectivity index (χ2n) is 3.98. The van der Waals surface area contributed by atoms with Crippen LogP contribution in [-0.4, -0.2) is 21.3 Å². The average molecular weight is 285 g/mol. The molecule has 4 nitrogen and oxygen atoms in total. The Balaban J connectivity index is 2.41. The summed E-state index contributed by atoms with van der Waals surface area (Å²) in [7, 11) is 1.85. The number of aromatic nitrogens is 3. The Kier molecular flexibility index (Phi) is 4.09. The van der Waals surface area contributed by atoms with Crippen LogP contribution >= 0.6 is 23.2 Å². The maximum Gasteiger partial charge on any atom is 0.145 e. The van der Waals surface area contributed by atoms with Gasteiger partial charge >= 0.3 is 0 Å². The lowest BCUT2D eigenvalue weighted by Crippen LogP contribution is -2.03. The fourth-order valence-electron chi connectivity index (χ4n) is 1.58. The van der Waals surface area contributed by atoms with Crippen LogP contribution in [-0.2, 0) is 7.05 Å². The van der Waals surface area contributed by atoms with E-state index in [1.54, 1.807) is 16.9 Å². The fourth-order valence-corrected chi connectivity index (χ4v) is 2.11. The van der Waals surface area contributed by atoms with Crippen LogP contribution in [0, 0.1) is 0 Å². The zero-order valence-corrected chi connectivity index (χ0v) is 11.8. The van der Waals surface area contributed by atoms with Gasteiger partial charge in [-0.2, -0.15) is 5.10 Å². The molecule has 2 aromatic heterocycles. The highest BCUT2D eigenvalue weighted by atomic mass is 35.5. The van der Waals surface area contributed by atoms with E-state index >= 15 is 0 Å². The summed E-state index contributed by atoms with van der Waals surface area (Å²) in [6.07, 6.45) is 4.60. The van der Waals surface area contributed by atoms with Gasteiger partial charge in [0.1, 0.15) is 5.82 Å². The number of hydrogen-bond donors (Lipinski definition) is 1. The van der Waals surface area contributed by atoms with Crippen LogP contribution in [0.25, 0.3) is 11.3 Å². The summed E-state index contributed by atoms with van der Waals surface area (Å²) >= 11 is 12.3. The molecule has 0 aliphatic rings. The standard InChI is InChI=1S/C12H14Cl2N4/c1-3-4-15-12-10(14)5-9(13)11(17-12)8-6-16-18(2)7-8/h5-7H,3-4H2,1-2H3,(H,15,17). The summed E-state index contributed by atoms with van der Waals surface area (Å²) in [6.45, 7) is 2.90. The Hall–Kier alpha value is -1.26. The number of rotatable bonds is 4. The quantitative estimate of drug-likeness (QED) is 0.933. The molecule has 6 heteroatoms. The smallest absolute Gasteiger partial charge is 0.145 e. The van der Waals surface area contributed by atoms with E-state index < -0.39 is 0 Å². The van der Waals surface area contributed by atoms with Crippen LogP contribution in [0.2, 0.25) is 10.0 Å². The Morgan fingerprint density at radius 1 is 1.33 bits per heavy atom. The number of hydrogen-bond acceptors (Lipinski definition) is 3. The number of aryl methyl sites for hydroxylation is 1. The molecule has 0 unspecified atom stereocenters. The zero-order valence-electron chi connectivity index (χ0n) is 10.2. The van der Waals surface area contributed by atoms with Crippen LogP contribution in [0.4, 0.5) is 5.82 Å². The molecule has 96 valence electrons. The molecule has 0 bridgehead atoms. The third-order valence-corrected chi connectivity index (χ3v) is 3.03. The van der Waals surface area contributed by atoms with E-state index in [1.807, 2.05) is 13.2 Å². The van der Waals surface area contributed by atoms with E-state index in [1.165, 1.54) is 0 Å². The highest BCUT2D eigenvalue weighted by molar-refractivity contribution is 6.37. The zero-order chi connectivity index (χ0) is 13.1. The minimum atomic E-state index is 0.523. The largest absolute Gasteiger partial charge is 0.369 e. The van der Waals surface area contributed by atoms with Crippen molar-refractivity contribution in [1.82, 2.24) is 14.8 Å². The lowest BCUT2D eigenvalue weighted by Gasteiger charge is -2.09. The first-order valence-electron chi connectivity index (χ1n) is 5.70. The Labute approximate surface area is 116 Å². The Bertz CT molecular complexity index is 551. The monoisotopic (exact) mass is 284 g/mol. The van der Waals surface area contributed by atoms with Crippen LogP contribution in [0.15, 0.2) is 18.5 Å². The van der Waals surface area contributed by atoms with Crippen molar-refractivity contribution in [3.63, 3.8) is 0 Å². The van der Waals surface area contributed by atoms with E-state index in [4.69, 9.17) is 23.2 Å². The van der Waals surface area contributed by atoms with Crippen molar-refractivity contribution >= 4 is 29.0 Å². The molecule has 0 saturated carbocycles. The SMILES string of the molecule is CCCNc1nc(-c2cnn(C)c2)c(Cl)cc1Cl. The van der Waals surface area contributed by atoms with Crippen LogP contribution in [0.5, 0.6) is 0 Å². The van der Waals surface area contributed by atoms with Gasteiger partial charge in [-0.1, -0.05) is 30.1 Å². The number of pyridine rings is 1. The predicted molar refractivity (Wildman–Crippen MR) is 75.2 cm³/mol. The van der Waals surface area contributed by atoms with Crippen molar-refractivity contribution < 1.29 is 0 Å². The third kappa shape index (κ3) is 2.76. The van der Waals surface area contributed by atoms with E-state index in [9.17, 15) is 0 Å². The molecule has 0 aliphatic heterocycles. The van der Waals surface area contributed by atoms with Gasteiger partial charge < -0.3 is 5.32 Å². The van der Waals surface area contributed by atoms with E-state index in [0.29, 0.717) is 21.6 Å². The molecule has 0 amide bonds. The summed E-state index contributed by atoms with van der Waals surface area (Å²) in [5.74, 6) is 0.654. The second-order valence-corrected chi connectivity index (χ2v) is 4.79.